The Kier molecular flexibility index (Phi) is 3.89. The summed E-state index contributed by atoms with van der Waals surface area (Å²) in [6.45, 7) is 0.605. The molecule has 1 saturated heterocycles. The minimum atomic E-state index is -0.0274. The van der Waals surface area contributed by atoms with E-state index in [1.165, 1.54) is 6.39 Å². The number of para-hydroxylation sites is 1. The van der Waals surface area contributed by atoms with E-state index in [-0.39, 0.29) is 17.2 Å². The van der Waals surface area contributed by atoms with Gasteiger partial charge in [-0.2, -0.15) is 0 Å². The molecule has 2 fully saturated rings. The lowest BCUT2D eigenvalue weighted by Gasteiger charge is -2.41. The molecular weight excluding hydrogens is 314 g/mol. The standard InChI is InChI=1S/C17H20ClN3O2/c18-12-4-5-13-10(7-12)6-11(17(22)21-13)8-19-14-2-1-3-15-16(14)20-9-23-15/h1-3,9-13,19H,4-8H2,(H,21,22). The molecule has 1 aromatic heterocycles. The molecule has 1 aliphatic heterocycles. The van der Waals surface area contributed by atoms with Crippen LogP contribution in [0.25, 0.3) is 11.1 Å². The number of fused-ring (bicyclic) bond motifs is 2. The van der Waals surface area contributed by atoms with Gasteiger partial charge in [0.15, 0.2) is 12.0 Å². The Morgan fingerprint density at radius 3 is 3.17 bits per heavy atom. The maximum absolute atomic E-state index is 12.3. The third-order valence-electron chi connectivity index (χ3n) is 5.10. The first-order chi connectivity index (χ1) is 11.2. The molecule has 23 heavy (non-hydrogen) atoms. The third kappa shape index (κ3) is 2.90. The average Bonchev–Trinajstić information content (AvgIpc) is 3.02. The number of piperidine rings is 1. The summed E-state index contributed by atoms with van der Waals surface area (Å²) in [4.78, 5) is 16.6. The minimum absolute atomic E-state index is 0.0274. The Bertz CT molecular complexity index is 717. The lowest BCUT2D eigenvalue weighted by atomic mass is 9.75. The van der Waals surface area contributed by atoms with Crippen LogP contribution in [0, 0.1) is 11.8 Å². The number of nitrogens with one attached hydrogen (secondary N) is 2. The second kappa shape index (κ2) is 6.04. The van der Waals surface area contributed by atoms with E-state index in [9.17, 15) is 4.79 Å². The van der Waals surface area contributed by atoms with Crippen molar-refractivity contribution in [2.45, 2.75) is 37.1 Å². The Morgan fingerprint density at radius 2 is 2.26 bits per heavy atom. The fourth-order valence-electron chi connectivity index (χ4n) is 3.87. The summed E-state index contributed by atoms with van der Waals surface area (Å²) in [7, 11) is 0. The highest BCUT2D eigenvalue weighted by molar-refractivity contribution is 6.20. The summed E-state index contributed by atoms with van der Waals surface area (Å²) >= 11 is 6.30. The van der Waals surface area contributed by atoms with Crippen LogP contribution in [0.2, 0.25) is 0 Å². The molecule has 0 bridgehead atoms. The molecule has 2 heterocycles. The van der Waals surface area contributed by atoms with E-state index < -0.39 is 0 Å². The lowest BCUT2D eigenvalue weighted by Crippen LogP contribution is -2.53. The zero-order chi connectivity index (χ0) is 15.8. The maximum Gasteiger partial charge on any atom is 0.225 e. The van der Waals surface area contributed by atoms with E-state index in [4.69, 9.17) is 16.0 Å². The molecule has 1 aromatic carbocycles. The fourth-order valence-corrected chi connectivity index (χ4v) is 4.22. The number of rotatable bonds is 3. The molecule has 1 amide bonds. The Labute approximate surface area is 139 Å². The quantitative estimate of drug-likeness (QED) is 0.847. The largest absolute Gasteiger partial charge is 0.443 e. The van der Waals surface area contributed by atoms with Crippen molar-refractivity contribution in [3.8, 4) is 0 Å². The average molecular weight is 334 g/mol. The molecule has 4 rings (SSSR count). The van der Waals surface area contributed by atoms with Crippen LogP contribution in [0.3, 0.4) is 0 Å². The highest BCUT2D eigenvalue weighted by atomic mass is 35.5. The van der Waals surface area contributed by atoms with Crippen molar-refractivity contribution in [1.82, 2.24) is 10.3 Å². The van der Waals surface area contributed by atoms with E-state index in [1.807, 2.05) is 18.2 Å². The number of hydrogen-bond donors (Lipinski definition) is 2. The van der Waals surface area contributed by atoms with Gasteiger partial charge in [-0.3, -0.25) is 4.79 Å². The van der Waals surface area contributed by atoms with E-state index in [2.05, 4.69) is 15.6 Å². The molecule has 0 spiro atoms. The number of carbonyl (C=O) groups is 1. The van der Waals surface area contributed by atoms with Gasteiger partial charge in [0.2, 0.25) is 5.91 Å². The van der Waals surface area contributed by atoms with E-state index >= 15 is 0 Å². The summed E-state index contributed by atoms with van der Waals surface area (Å²) < 4.78 is 5.31. The molecule has 2 N–H and O–H groups in total. The number of carbonyl (C=O) groups excluding carboxylic acids is 1. The van der Waals surface area contributed by atoms with Gasteiger partial charge in [-0.25, -0.2) is 4.98 Å². The highest BCUT2D eigenvalue weighted by Crippen LogP contribution is 2.35. The highest BCUT2D eigenvalue weighted by Gasteiger charge is 2.38. The molecule has 2 aliphatic rings. The van der Waals surface area contributed by atoms with E-state index in [0.717, 1.165) is 42.5 Å². The molecule has 4 unspecified atom stereocenters. The van der Waals surface area contributed by atoms with Gasteiger partial charge in [-0.15, -0.1) is 11.6 Å². The SMILES string of the molecule is O=C1NC2CCC(Cl)CC2CC1CNc1cccc2ocnc12. The number of hydrogen-bond acceptors (Lipinski definition) is 4. The van der Waals surface area contributed by atoms with Gasteiger partial charge in [-0.05, 0) is 43.7 Å². The summed E-state index contributed by atoms with van der Waals surface area (Å²) in [5.74, 6) is 0.623. The van der Waals surface area contributed by atoms with Crippen LogP contribution < -0.4 is 10.6 Å². The van der Waals surface area contributed by atoms with E-state index in [0.29, 0.717) is 18.5 Å². The van der Waals surface area contributed by atoms with Gasteiger partial charge in [0.25, 0.3) is 0 Å². The number of oxazole rings is 1. The van der Waals surface area contributed by atoms with E-state index in [1.54, 1.807) is 0 Å². The first-order valence-corrected chi connectivity index (χ1v) is 8.65. The van der Waals surface area contributed by atoms with Gasteiger partial charge >= 0.3 is 0 Å². The van der Waals surface area contributed by atoms with Crippen molar-refractivity contribution in [3.05, 3.63) is 24.6 Å². The maximum atomic E-state index is 12.3. The number of benzene rings is 1. The number of amides is 1. The molecule has 6 heteroatoms. The number of aromatic nitrogens is 1. The Hall–Kier alpha value is -1.75. The second-order valence-electron chi connectivity index (χ2n) is 6.60. The van der Waals surface area contributed by atoms with Crippen molar-refractivity contribution in [2.75, 3.05) is 11.9 Å². The smallest absolute Gasteiger partial charge is 0.225 e. The predicted octanol–water partition coefficient (Wildman–Crippen LogP) is 3.15. The summed E-state index contributed by atoms with van der Waals surface area (Å²) in [5.41, 5.74) is 2.46. The number of alkyl halides is 1. The fraction of sp³-hybridized carbons (Fsp3) is 0.529. The topological polar surface area (TPSA) is 67.2 Å². The van der Waals surface area contributed by atoms with Gasteiger partial charge in [0.1, 0.15) is 5.52 Å². The van der Waals surface area contributed by atoms with Crippen molar-refractivity contribution >= 4 is 34.3 Å². The van der Waals surface area contributed by atoms with Crippen LogP contribution in [0.4, 0.5) is 5.69 Å². The summed E-state index contributed by atoms with van der Waals surface area (Å²) in [5, 5.41) is 6.80. The number of anilines is 1. The zero-order valence-electron chi connectivity index (χ0n) is 12.8. The molecule has 2 aromatic rings. The van der Waals surface area contributed by atoms with Crippen molar-refractivity contribution in [1.29, 1.82) is 0 Å². The van der Waals surface area contributed by atoms with Crippen molar-refractivity contribution < 1.29 is 9.21 Å². The lowest BCUT2D eigenvalue weighted by molar-refractivity contribution is -0.129. The summed E-state index contributed by atoms with van der Waals surface area (Å²) in [6.07, 6.45) is 5.35. The predicted molar refractivity (Wildman–Crippen MR) is 89.5 cm³/mol. The number of nitrogens with zero attached hydrogens (tertiary/aromatic N) is 1. The minimum Gasteiger partial charge on any atom is -0.443 e. The molecule has 1 aliphatic carbocycles. The molecule has 5 nitrogen and oxygen atoms in total. The van der Waals surface area contributed by atoms with Gasteiger partial charge in [0, 0.05) is 18.0 Å². The van der Waals surface area contributed by atoms with Crippen LogP contribution in [0.5, 0.6) is 0 Å². The van der Waals surface area contributed by atoms with Crippen molar-refractivity contribution in [2.24, 2.45) is 11.8 Å². The third-order valence-corrected chi connectivity index (χ3v) is 5.50. The van der Waals surface area contributed by atoms with Crippen LogP contribution in [0.15, 0.2) is 29.0 Å². The van der Waals surface area contributed by atoms with Crippen LogP contribution in [-0.4, -0.2) is 28.9 Å². The van der Waals surface area contributed by atoms with Crippen LogP contribution >= 0.6 is 11.6 Å². The molecule has 0 radical (unpaired) electrons. The summed E-state index contributed by atoms with van der Waals surface area (Å²) in [6, 6.07) is 6.08. The molecule has 4 atom stereocenters. The first-order valence-electron chi connectivity index (χ1n) is 8.21. The molecule has 122 valence electrons. The van der Waals surface area contributed by atoms with Crippen LogP contribution in [-0.2, 0) is 4.79 Å². The molecular formula is C17H20ClN3O2. The Balaban J connectivity index is 1.44. The first kappa shape index (κ1) is 14.8. The van der Waals surface area contributed by atoms with Gasteiger partial charge in [-0.1, -0.05) is 6.07 Å². The molecule has 1 saturated carbocycles. The van der Waals surface area contributed by atoms with Gasteiger partial charge < -0.3 is 15.1 Å². The van der Waals surface area contributed by atoms with Crippen molar-refractivity contribution in [3.63, 3.8) is 0 Å². The second-order valence-corrected chi connectivity index (χ2v) is 7.22. The number of halogens is 1. The Morgan fingerprint density at radius 1 is 1.35 bits per heavy atom. The zero-order valence-corrected chi connectivity index (χ0v) is 13.6. The van der Waals surface area contributed by atoms with Crippen LogP contribution in [0.1, 0.15) is 25.7 Å². The van der Waals surface area contributed by atoms with Gasteiger partial charge in [0.05, 0.1) is 11.6 Å². The monoisotopic (exact) mass is 333 g/mol. The normalized spacial score (nSPS) is 30.7.